The Labute approximate surface area is 168 Å². The van der Waals surface area contributed by atoms with Crippen LogP contribution in [0.4, 0.5) is 8.78 Å². The summed E-state index contributed by atoms with van der Waals surface area (Å²) in [5.74, 6) is 0.572. The Morgan fingerprint density at radius 2 is 1.90 bits per heavy atom. The number of aryl methyl sites for hydroxylation is 1. The van der Waals surface area contributed by atoms with Crippen molar-refractivity contribution >= 4 is 16.9 Å². The van der Waals surface area contributed by atoms with Gasteiger partial charge in [0.25, 0.3) is 6.43 Å². The number of likely N-dealkylation sites (tertiary alicyclic amines) is 1. The zero-order valence-corrected chi connectivity index (χ0v) is 16.6. The number of alkyl halides is 2. The van der Waals surface area contributed by atoms with Gasteiger partial charge < -0.3 is 4.90 Å². The van der Waals surface area contributed by atoms with Gasteiger partial charge in [-0.2, -0.15) is 5.10 Å². The number of benzene rings is 1. The molecule has 3 aromatic rings. The molecule has 0 saturated carbocycles. The van der Waals surface area contributed by atoms with E-state index in [1.54, 1.807) is 6.92 Å². The molecule has 0 aliphatic carbocycles. The molecule has 2 aromatic heterocycles. The molecule has 0 spiro atoms. The summed E-state index contributed by atoms with van der Waals surface area (Å²) in [6.07, 6.45) is -0.689. The minimum atomic E-state index is -2.65. The number of fused-ring (bicyclic) bond motifs is 1. The molecule has 5 nitrogen and oxygen atoms in total. The second-order valence-corrected chi connectivity index (χ2v) is 7.77. The number of pyridine rings is 1. The van der Waals surface area contributed by atoms with E-state index in [1.165, 1.54) is 10.7 Å². The van der Waals surface area contributed by atoms with Crippen LogP contribution in [0.1, 0.15) is 37.4 Å². The smallest absolute Gasteiger partial charge is 0.264 e. The number of aromatic nitrogens is 3. The van der Waals surface area contributed by atoms with Crippen LogP contribution >= 0.6 is 0 Å². The third kappa shape index (κ3) is 3.86. The number of piperidine rings is 1. The van der Waals surface area contributed by atoms with Crippen LogP contribution in [-0.2, 0) is 11.3 Å². The topological polar surface area (TPSA) is 51.0 Å². The van der Waals surface area contributed by atoms with Gasteiger partial charge in [0.15, 0.2) is 5.65 Å². The first-order valence-electron chi connectivity index (χ1n) is 9.93. The molecule has 0 N–H and O–H groups in total. The Kier molecular flexibility index (Phi) is 5.30. The molecule has 1 aliphatic heterocycles. The summed E-state index contributed by atoms with van der Waals surface area (Å²) in [4.78, 5) is 19.2. The Bertz CT molecular complexity index is 1020. The lowest BCUT2D eigenvalue weighted by atomic mass is 9.99. The maximum Gasteiger partial charge on any atom is 0.264 e. The van der Waals surface area contributed by atoms with Crippen LogP contribution in [0.3, 0.4) is 0 Å². The molecule has 0 radical (unpaired) electrons. The van der Waals surface area contributed by atoms with Crippen LogP contribution < -0.4 is 0 Å². The SMILES string of the molecule is Cc1nn(CC(=O)N2CCC(C)CC2)c2nc(-c3ccccc3)cc(C(F)F)c12. The molecule has 1 saturated heterocycles. The predicted molar refractivity (Wildman–Crippen MR) is 108 cm³/mol. The highest BCUT2D eigenvalue weighted by Crippen LogP contribution is 2.33. The van der Waals surface area contributed by atoms with E-state index in [0.717, 1.165) is 31.5 Å². The zero-order chi connectivity index (χ0) is 20.5. The molecule has 29 heavy (non-hydrogen) atoms. The van der Waals surface area contributed by atoms with Gasteiger partial charge in [0, 0.05) is 24.2 Å². The largest absolute Gasteiger partial charge is 0.341 e. The Balaban J connectivity index is 1.75. The van der Waals surface area contributed by atoms with Crippen molar-refractivity contribution in [2.24, 2.45) is 5.92 Å². The number of hydrogen-bond acceptors (Lipinski definition) is 3. The van der Waals surface area contributed by atoms with Crippen molar-refractivity contribution in [2.45, 2.75) is 39.7 Å². The summed E-state index contributed by atoms with van der Waals surface area (Å²) < 4.78 is 29.1. The van der Waals surface area contributed by atoms with Gasteiger partial charge in [-0.3, -0.25) is 4.79 Å². The third-order valence-electron chi connectivity index (χ3n) is 5.63. The van der Waals surface area contributed by atoms with E-state index in [9.17, 15) is 13.6 Å². The number of rotatable bonds is 4. The van der Waals surface area contributed by atoms with Gasteiger partial charge in [-0.15, -0.1) is 0 Å². The molecule has 4 rings (SSSR count). The Hall–Kier alpha value is -2.83. The van der Waals surface area contributed by atoms with Crippen molar-refractivity contribution in [1.29, 1.82) is 0 Å². The van der Waals surface area contributed by atoms with Gasteiger partial charge in [0.2, 0.25) is 5.91 Å². The maximum atomic E-state index is 13.8. The minimum Gasteiger partial charge on any atom is -0.341 e. The number of nitrogens with zero attached hydrogens (tertiary/aromatic N) is 4. The average Bonchev–Trinajstić information content (AvgIpc) is 3.03. The quantitative estimate of drug-likeness (QED) is 0.645. The van der Waals surface area contributed by atoms with Crippen LogP contribution in [0.5, 0.6) is 0 Å². The standard InChI is InChI=1S/C22H24F2N4O/c1-14-8-10-27(11-9-14)19(29)13-28-22-20(15(2)26-28)17(21(23)24)12-18(25-22)16-6-4-3-5-7-16/h3-7,12,14,21H,8-11,13H2,1-2H3. The lowest BCUT2D eigenvalue weighted by Gasteiger charge is -2.30. The Morgan fingerprint density at radius 3 is 2.55 bits per heavy atom. The van der Waals surface area contributed by atoms with Crippen molar-refractivity contribution in [3.63, 3.8) is 0 Å². The van der Waals surface area contributed by atoms with E-state index in [2.05, 4.69) is 17.0 Å². The molecule has 1 aliphatic rings. The predicted octanol–water partition coefficient (Wildman–Crippen LogP) is 4.60. The van der Waals surface area contributed by atoms with Crippen molar-refractivity contribution in [1.82, 2.24) is 19.7 Å². The number of amides is 1. The van der Waals surface area contributed by atoms with Gasteiger partial charge in [0.05, 0.1) is 16.8 Å². The van der Waals surface area contributed by atoms with Crippen LogP contribution in [0, 0.1) is 12.8 Å². The van der Waals surface area contributed by atoms with Gasteiger partial charge in [-0.25, -0.2) is 18.4 Å². The molecule has 3 heterocycles. The van der Waals surface area contributed by atoms with E-state index < -0.39 is 6.43 Å². The van der Waals surface area contributed by atoms with Crippen LogP contribution in [0.2, 0.25) is 0 Å². The van der Waals surface area contributed by atoms with Crippen molar-refractivity contribution in [2.75, 3.05) is 13.1 Å². The van der Waals surface area contributed by atoms with E-state index in [0.29, 0.717) is 28.3 Å². The summed E-state index contributed by atoms with van der Waals surface area (Å²) >= 11 is 0. The first-order valence-corrected chi connectivity index (χ1v) is 9.93. The molecule has 0 unspecified atom stereocenters. The highest BCUT2D eigenvalue weighted by Gasteiger charge is 2.24. The molecular formula is C22H24F2N4O. The minimum absolute atomic E-state index is 0.00659. The van der Waals surface area contributed by atoms with Gasteiger partial charge in [-0.05, 0) is 31.7 Å². The molecule has 7 heteroatoms. The normalized spacial score (nSPS) is 15.4. The fraction of sp³-hybridized carbons (Fsp3) is 0.409. The fourth-order valence-electron chi connectivity index (χ4n) is 3.91. The van der Waals surface area contributed by atoms with Gasteiger partial charge in [0.1, 0.15) is 6.54 Å². The summed E-state index contributed by atoms with van der Waals surface area (Å²) in [7, 11) is 0. The van der Waals surface area contributed by atoms with Crippen molar-refractivity contribution < 1.29 is 13.6 Å². The first-order chi connectivity index (χ1) is 13.9. The maximum absolute atomic E-state index is 13.8. The highest BCUT2D eigenvalue weighted by atomic mass is 19.3. The van der Waals surface area contributed by atoms with Gasteiger partial charge >= 0.3 is 0 Å². The molecule has 1 amide bonds. The van der Waals surface area contributed by atoms with Crippen molar-refractivity contribution in [3.05, 3.63) is 47.7 Å². The van der Waals surface area contributed by atoms with E-state index in [-0.39, 0.29) is 18.0 Å². The van der Waals surface area contributed by atoms with Crippen LogP contribution in [0.25, 0.3) is 22.3 Å². The second kappa shape index (κ2) is 7.89. The fourth-order valence-corrected chi connectivity index (χ4v) is 3.91. The number of carbonyl (C=O) groups is 1. The summed E-state index contributed by atoms with van der Waals surface area (Å²) in [6.45, 7) is 5.33. The number of carbonyl (C=O) groups excluding carboxylic acids is 1. The first kappa shape index (κ1) is 19.5. The lowest BCUT2D eigenvalue weighted by molar-refractivity contribution is -0.133. The Morgan fingerprint density at radius 1 is 1.21 bits per heavy atom. The second-order valence-electron chi connectivity index (χ2n) is 7.77. The van der Waals surface area contributed by atoms with Crippen LogP contribution in [0.15, 0.2) is 36.4 Å². The molecule has 152 valence electrons. The third-order valence-corrected chi connectivity index (χ3v) is 5.63. The average molecular weight is 398 g/mol. The van der Waals surface area contributed by atoms with E-state index in [4.69, 9.17) is 0 Å². The number of hydrogen-bond donors (Lipinski definition) is 0. The van der Waals surface area contributed by atoms with E-state index >= 15 is 0 Å². The molecule has 0 bridgehead atoms. The van der Waals surface area contributed by atoms with Gasteiger partial charge in [-0.1, -0.05) is 37.3 Å². The number of halogens is 2. The van der Waals surface area contributed by atoms with Crippen molar-refractivity contribution in [3.8, 4) is 11.3 Å². The molecule has 1 aromatic carbocycles. The highest BCUT2D eigenvalue weighted by molar-refractivity contribution is 5.87. The van der Waals surface area contributed by atoms with E-state index in [1.807, 2.05) is 35.2 Å². The molecular weight excluding hydrogens is 374 g/mol. The summed E-state index contributed by atoms with van der Waals surface area (Å²) in [5, 5.41) is 4.72. The molecule has 0 atom stereocenters. The summed E-state index contributed by atoms with van der Waals surface area (Å²) in [5.41, 5.74) is 1.89. The zero-order valence-electron chi connectivity index (χ0n) is 16.6. The summed E-state index contributed by atoms with van der Waals surface area (Å²) in [6, 6.07) is 10.6. The van der Waals surface area contributed by atoms with Crippen LogP contribution in [-0.4, -0.2) is 38.7 Å². The monoisotopic (exact) mass is 398 g/mol. The molecule has 1 fully saturated rings. The lowest BCUT2D eigenvalue weighted by Crippen LogP contribution is -2.39.